The van der Waals surface area contributed by atoms with Gasteiger partial charge in [0.1, 0.15) is 11.9 Å². The lowest BCUT2D eigenvalue weighted by atomic mass is 9.81. The quantitative estimate of drug-likeness (QED) is 0.263. The van der Waals surface area contributed by atoms with Gasteiger partial charge in [-0.25, -0.2) is 9.40 Å². The number of ketones is 1. The molecule has 0 spiro atoms. The third-order valence-corrected chi connectivity index (χ3v) is 7.47. The van der Waals surface area contributed by atoms with Crippen molar-refractivity contribution >= 4 is 58.3 Å². The van der Waals surface area contributed by atoms with Crippen molar-refractivity contribution in [2.45, 2.75) is 38.1 Å². The van der Waals surface area contributed by atoms with Crippen LogP contribution in [0.5, 0.6) is 0 Å². The molecule has 184 valence electrons. The monoisotopic (exact) mass is 538 g/mol. The van der Waals surface area contributed by atoms with Crippen molar-refractivity contribution in [2.24, 2.45) is 11.8 Å². The lowest BCUT2D eigenvalue weighted by Crippen LogP contribution is -2.57. The van der Waals surface area contributed by atoms with Gasteiger partial charge in [0, 0.05) is 17.0 Å². The minimum atomic E-state index is -1.28. The summed E-state index contributed by atoms with van der Waals surface area (Å²) in [6.45, 7) is 0. The molecule has 3 atom stereocenters. The molecule has 2 fully saturated rings. The van der Waals surface area contributed by atoms with E-state index in [4.69, 9.17) is 34.8 Å². The zero-order valence-corrected chi connectivity index (χ0v) is 20.8. The average Bonchev–Trinajstić information content (AvgIpc) is 3.10. The zero-order valence-electron chi connectivity index (χ0n) is 18.6. The second kappa shape index (κ2) is 10.6. The van der Waals surface area contributed by atoms with Crippen LogP contribution in [0, 0.1) is 17.7 Å². The summed E-state index contributed by atoms with van der Waals surface area (Å²) < 4.78 is 13.5. The maximum atomic E-state index is 13.8. The fourth-order valence-electron chi connectivity index (χ4n) is 4.76. The number of benzene rings is 2. The van der Waals surface area contributed by atoms with E-state index in [2.05, 4.69) is 0 Å². The molecule has 0 aromatic heterocycles. The molecule has 2 aliphatic rings. The number of amides is 3. The molecule has 35 heavy (non-hydrogen) atoms. The third-order valence-electron chi connectivity index (χ3n) is 6.52. The summed E-state index contributed by atoms with van der Waals surface area (Å²) in [5.41, 5.74) is 0.159. The van der Waals surface area contributed by atoms with Gasteiger partial charge >= 0.3 is 0 Å². The molecule has 2 aromatic rings. The molecule has 1 aliphatic carbocycles. The van der Waals surface area contributed by atoms with Crippen LogP contribution >= 0.6 is 34.8 Å². The van der Waals surface area contributed by atoms with Crippen molar-refractivity contribution in [3.8, 4) is 0 Å². The van der Waals surface area contributed by atoms with Crippen LogP contribution in [0.25, 0.3) is 0 Å². The number of imide groups is 1. The van der Waals surface area contributed by atoms with Crippen molar-refractivity contribution in [3.05, 3.63) is 69.5 Å². The Kier molecular flexibility index (Phi) is 7.79. The van der Waals surface area contributed by atoms with E-state index >= 15 is 0 Å². The summed E-state index contributed by atoms with van der Waals surface area (Å²) in [7, 11) is 0. The van der Waals surface area contributed by atoms with E-state index in [0.29, 0.717) is 12.8 Å². The first-order valence-corrected chi connectivity index (χ1v) is 12.6. The number of fused-ring (bicyclic) bond motifs is 1. The number of alkyl halides is 1. The first-order chi connectivity index (χ1) is 16.7. The van der Waals surface area contributed by atoms with Gasteiger partial charge in [0.15, 0.2) is 5.78 Å². The molecular weight excluding hydrogens is 518 g/mol. The molecule has 2 aromatic carbocycles. The Morgan fingerprint density at radius 1 is 0.943 bits per heavy atom. The highest BCUT2D eigenvalue weighted by atomic mass is 35.5. The van der Waals surface area contributed by atoms with E-state index in [9.17, 15) is 23.6 Å². The summed E-state index contributed by atoms with van der Waals surface area (Å²) in [6.07, 6.45) is 2.62. The molecule has 0 radical (unpaired) electrons. The number of halogens is 4. The Morgan fingerprint density at radius 2 is 1.51 bits per heavy atom. The standard InChI is InChI=1S/C25H22Cl3FN2O4/c26-12-11-21(22(32)14-5-8-16(29)9-6-14)30(23(33)15-7-10-19(27)20(28)13-15)31-24(34)17-3-1-2-4-18(17)25(31)35/h5-10,13,17-18,21H,1-4,11-12H2/t17-,18+,21-/m0/s1. The van der Waals surface area contributed by atoms with E-state index in [1.807, 2.05) is 0 Å². The third kappa shape index (κ3) is 4.95. The Balaban J connectivity index is 1.81. The van der Waals surface area contributed by atoms with Gasteiger partial charge < -0.3 is 0 Å². The van der Waals surface area contributed by atoms with E-state index in [0.717, 1.165) is 35.0 Å². The first-order valence-electron chi connectivity index (χ1n) is 11.3. The van der Waals surface area contributed by atoms with Gasteiger partial charge in [0.25, 0.3) is 17.7 Å². The van der Waals surface area contributed by atoms with Gasteiger partial charge in [0.2, 0.25) is 0 Å². The maximum Gasteiger partial charge on any atom is 0.273 e. The van der Waals surface area contributed by atoms with Crippen LogP contribution in [0.2, 0.25) is 10.0 Å². The Bertz CT molecular complexity index is 1150. The van der Waals surface area contributed by atoms with Gasteiger partial charge in [0.05, 0.1) is 21.9 Å². The Hall–Kier alpha value is -2.48. The molecule has 1 heterocycles. The van der Waals surface area contributed by atoms with Crippen LogP contribution in [-0.2, 0) is 9.59 Å². The highest BCUT2D eigenvalue weighted by Crippen LogP contribution is 2.40. The fourth-order valence-corrected chi connectivity index (χ4v) is 5.27. The van der Waals surface area contributed by atoms with Crippen molar-refractivity contribution in [2.75, 3.05) is 5.88 Å². The molecular formula is C25H22Cl3FN2O4. The van der Waals surface area contributed by atoms with Crippen LogP contribution in [-0.4, -0.2) is 45.4 Å². The van der Waals surface area contributed by atoms with Gasteiger partial charge in [-0.05, 0) is 61.7 Å². The summed E-state index contributed by atoms with van der Waals surface area (Å²) in [5, 5.41) is 2.05. The molecule has 0 unspecified atom stereocenters. The lowest BCUT2D eigenvalue weighted by Gasteiger charge is -2.36. The molecule has 6 nitrogen and oxygen atoms in total. The van der Waals surface area contributed by atoms with Crippen molar-refractivity contribution < 1.29 is 23.6 Å². The SMILES string of the molecule is O=C(c1ccc(F)cc1)[C@H](CCCl)N(C(=O)c1ccc(Cl)c(Cl)c1)N1C(=O)[C@H]2CCCC[C@H]2C1=O. The normalized spacial score (nSPS) is 20.5. The van der Waals surface area contributed by atoms with Crippen LogP contribution < -0.4 is 0 Å². The van der Waals surface area contributed by atoms with Crippen molar-refractivity contribution in [1.29, 1.82) is 0 Å². The summed E-state index contributed by atoms with van der Waals surface area (Å²) >= 11 is 18.1. The van der Waals surface area contributed by atoms with E-state index < -0.39 is 47.2 Å². The van der Waals surface area contributed by atoms with E-state index in [1.54, 1.807) is 0 Å². The topological polar surface area (TPSA) is 74.8 Å². The van der Waals surface area contributed by atoms with Crippen molar-refractivity contribution in [1.82, 2.24) is 10.0 Å². The highest BCUT2D eigenvalue weighted by Gasteiger charge is 2.53. The van der Waals surface area contributed by atoms with Gasteiger partial charge in [-0.15, -0.1) is 11.6 Å². The molecule has 4 rings (SSSR count). The number of hydrogen-bond acceptors (Lipinski definition) is 4. The lowest BCUT2D eigenvalue weighted by molar-refractivity contribution is -0.156. The van der Waals surface area contributed by atoms with Crippen LogP contribution in [0.1, 0.15) is 52.8 Å². The van der Waals surface area contributed by atoms with Crippen LogP contribution in [0.15, 0.2) is 42.5 Å². The smallest absolute Gasteiger partial charge is 0.273 e. The summed E-state index contributed by atoms with van der Waals surface area (Å²) in [6, 6.07) is 7.67. The average molecular weight is 540 g/mol. The molecule has 0 N–H and O–H groups in total. The fraction of sp³-hybridized carbons (Fsp3) is 0.360. The minimum absolute atomic E-state index is 0.0359. The summed E-state index contributed by atoms with van der Waals surface area (Å²) in [4.78, 5) is 54.2. The second-order valence-electron chi connectivity index (χ2n) is 8.63. The van der Waals surface area contributed by atoms with Crippen LogP contribution in [0.4, 0.5) is 4.39 Å². The molecule has 1 saturated heterocycles. The molecule has 1 aliphatic heterocycles. The predicted octanol–water partition coefficient (Wildman–Crippen LogP) is 5.55. The second-order valence-corrected chi connectivity index (χ2v) is 9.82. The number of rotatable bonds is 7. The number of carbonyl (C=O) groups is 4. The van der Waals surface area contributed by atoms with Crippen molar-refractivity contribution in [3.63, 3.8) is 0 Å². The zero-order chi connectivity index (χ0) is 25.3. The number of hydrazine groups is 1. The number of Topliss-reactive ketones (excluding diaryl/α,β-unsaturated/α-hetero) is 1. The van der Waals surface area contributed by atoms with Gasteiger partial charge in [-0.3, -0.25) is 19.2 Å². The number of carbonyl (C=O) groups excluding carboxylic acids is 4. The Morgan fingerprint density at radius 3 is 2.06 bits per heavy atom. The maximum absolute atomic E-state index is 13.8. The predicted molar refractivity (Wildman–Crippen MR) is 130 cm³/mol. The molecule has 3 amide bonds. The summed E-state index contributed by atoms with van der Waals surface area (Å²) in [5.74, 6) is -4.03. The number of hydrogen-bond donors (Lipinski definition) is 0. The Labute approximate surface area is 216 Å². The van der Waals surface area contributed by atoms with Crippen LogP contribution in [0.3, 0.4) is 0 Å². The number of nitrogens with zero attached hydrogens (tertiary/aromatic N) is 2. The minimum Gasteiger partial charge on any atom is -0.292 e. The van der Waals surface area contributed by atoms with E-state index in [1.165, 1.54) is 30.3 Å². The molecule has 1 saturated carbocycles. The molecule has 10 heteroatoms. The largest absolute Gasteiger partial charge is 0.292 e. The molecule has 0 bridgehead atoms. The van der Waals surface area contributed by atoms with Gasteiger partial charge in [-0.1, -0.05) is 36.0 Å². The van der Waals surface area contributed by atoms with E-state index in [-0.39, 0.29) is 33.5 Å². The van der Waals surface area contributed by atoms with Gasteiger partial charge in [-0.2, -0.15) is 5.01 Å². The first kappa shape index (κ1) is 25.6. The highest BCUT2D eigenvalue weighted by molar-refractivity contribution is 6.42.